The summed E-state index contributed by atoms with van der Waals surface area (Å²) >= 11 is 0. The number of carbonyl (C=O) groups excluding carboxylic acids is 2. The van der Waals surface area contributed by atoms with Crippen LogP contribution in [0.2, 0.25) is 0 Å². The number of rotatable bonds is 39. The minimum atomic E-state index is -4.27. The van der Waals surface area contributed by atoms with E-state index < -0.39 is 26.5 Å². The summed E-state index contributed by atoms with van der Waals surface area (Å²) in [6, 6.07) is 0. The molecule has 2 unspecified atom stereocenters. The monoisotopic (exact) mass is 767 g/mol. The van der Waals surface area contributed by atoms with Crippen molar-refractivity contribution in [2.24, 2.45) is 0 Å². The standard InChI is InChI=1S/C44H79O8P/c1-4-6-8-10-12-14-16-18-20-22-24-26-28-30-32-34-36-38-43(45)50-40-42(41-51-53(47,48)49-3)52-44(46)39-37-35-33-31-29-27-25-23-21-19-17-15-13-11-9-7-5-2/h12-15,18-21,42H,4-11,16-17,22-41H2,1-3H3,(H,47,48)/b14-12-,15-13-,20-18-,21-19-. The van der Waals surface area contributed by atoms with Gasteiger partial charge in [-0.15, -0.1) is 0 Å². The van der Waals surface area contributed by atoms with Gasteiger partial charge in [0, 0.05) is 20.0 Å². The van der Waals surface area contributed by atoms with Crippen molar-refractivity contribution in [3.63, 3.8) is 0 Å². The van der Waals surface area contributed by atoms with Gasteiger partial charge < -0.3 is 14.4 Å². The fourth-order valence-electron chi connectivity index (χ4n) is 5.72. The molecule has 8 nitrogen and oxygen atoms in total. The second kappa shape index (κ2) is 39.7. The third kappa shape index (κ3) is 39.5. The van der Waals surface area contributed by atoms with Gasteiger partial charge in [-0.1, -0.05) is 152 Å². The summed E-state index contributed by atoms with van der Waals surface area (Å²) < 4.78 is 32.0. The summed E-state index contributed by atoms with van der Waals surface area (Å²) in [6.45, 7) is 3.83. The lowest BCUT2D eigenvalue weighted by Crippen LogP contribution is -2.29. The Morgan fingerprint density at radius 1 is 0.528 bits per heavy atom. The molecule has 53 heavy (non-hydrogen) atoms. The Morgan fingerprint density at radius 3 is 1.32 bits per heavy atom. The average molecular weight is 767 g/mol. The largest absolute Gasteiger partial charge is 0.472 e. The van der Waals surface area contributed by atoms with E-state index >= 15 is 0 Å². The van der Waals surface area contributed by atoms with Crippen LogP contribution in [-0.4, -0.2) is 43.3 Å². The number of esters is 2. The fourth-order valence-corrected chi connectivity index (χ4v) is 6.18. The molecule has 0 aromatic rings. The van der Waals surface area contributed by atoms with Crippen molar-refractivity contribution in [2.75, 3.05) is 20.3 Å². The Kier molecular flexibility index (Phi) is 38.2. The smallest absolute Gasteiger partial charge is 0.462 e. The normalized spacial score (nSPS) is 13.8. The number of hydrogen-bond acceptors (Lipinski definition) is 7. The molecule has 9 heteroatoms. The van der Waals surface area contributed by atoms with E-state index in [0.29, 0.717) is 6.42 Å². The zero-order valence-electron chi connectivity index (χ0n) is 34.2. The number of carbonyl (C=O) groups is 2. The van der Waals surface area contributed by atoms with E-state index in [2.05, 4.69) is 67.0 Å². The number of unbranched alkanes of at least 4 members (excludes halogenated alkanes) is 20. The molecule has 0 aliphatic carbocycles. The molecule has 0 saturated carbocycles. The van der Waals surface area contributed by atoms with Gasteiger partial charge in [0.05, 0.1) is 6.61 Å². The fraction of sp³-hybridized carbons (Fsp3) is 0.773. The molecule has 0 heterocycles. The third-order valence-electron chi connectivity index (χ3n) is 9.05. The second-order valence-electron chi connectivity index (χ2n) is 14.1. The molecule has 2 atom stereocenters. The predicted molar refractivity (Wildman–Crippen MR) is 221 cm³/mol. The topological polar surface area (TPSA) is 108 Å². The second-order valence-corrected chi connectivity index (χ2v) is 15.7. The predicted octanol–water partition coefficient (Wildman–Crippen LogP) is 13.4. The maximum atomic E-state index is 12.5. The first-order valence-corrected chi connectivity index (χ1v) is 22.8. The van der Waals surface area contributed by atoms with Crippen LogP contribution in [0.15, 0.2) is 48.6 Å². The first-order chi connectivity index (χ1) is 25.8. The quantitative estimate of drug-likeness (QED) is 0.0285. The Hall–Kier alpha value is -1.99. The van der Waals surface area contributed by atoms with E-state index in [1.165, 1.54) is 89.9 Å². The van der Waals surface area contributed by atoms with Crippen molar-refractivity contribution >= 4 is 19.8 Å². The molecule has 0 fully saturated rings. The lowest BCUT2D eigenvalue weighted by Gasteiger charge is -2.19. The SMILES string of the molecule is CCCCC/C=C\C/C=C\CCCCCCCCCC(=O)OCC(COP(=O)(O)OC)OC(=O)CCCCCCCCC/C=C\C/C=C\CCCCC. The number of ether oxygens (including phenoxy) is 2. The molecule has 0 amide bonds. The van der Waals surface area contributed by atoms with Crippen LogP contribution in [0.25, 0.3) is 0 Å². The molecule has 0 saturated heterocycles. The summed E-state index contributed by atoms with van der Waals surface area (Å²) in [5.74, 6) is -0.822. The summed E-state index contributed by atoms with van der Waals surface area (Å²) in [4.78, 5) is 34.5. The van der Waals surface area contributed by atoms with Gasteiger partial charge in [-0.2, -0.15) is 0 Å². The lowest BCUT2D eigenvalue weighted by molar-refractivity contribution is -0.161. The third-order valence-corrected chi connectivity index (χ3v) is 9.98. The first kappa shape index (κ1) is 51.0. The van der Waals surface area contributed by atoms with Crippen molar-refractivity contribution in [3.05, 3.63) is 48.6 Å². The van der Waals surface area contributed by atoms with E-state index in [1.54, 1.807) is 0 Å². The van der Waals surface area contributed by atoms with Crippen molar-refractivity contribution in [1.29, 1.82) is 0 Å². The summed E-state index contributed by atoms with van der Waals surface area (Å²) in [5, 5.41) is 0. The summed E-state index contributed by atoms with van der Waals surface area (Å²) in [5.41, 5.74) is 0. The minimum Gasteiger partial charge on any atom is -0.462 e. The van der Waals surface area contributed by atoms with E-state index in [0.717, 1.165) is 77.7 Å². The van der Waals surface area contributed by atoms with Gasteiger partial charge in [0.15, 0.2) is 6.10 Å². The molecule has 0 radical (unpaired) electrons. The van der Waals surface area contributed by atoms with Crippen LogP contribution in [0.4, 0.5) is 0 Å². The van der Waals surface area contributed by atoms with Gasteiger partial charge in [-0.25, -0.2) is 4.57 Å². The Morgan fingerprint density at radius 2 is 0.906 bits per heavy atom. The highest BCUT2D eigenvalue weighted by molar-refractivity contribution is 7.47. The number of allylic oxidation sites excluding steroid dienone is 8. The molecule has 1 N–H and O–H groups in total. The summed E-state index contributed by atoms with van der Waals surface area (Å²) in [7, 11) is -3.21. The van der Waals surface area contributed by atoms with Crippen LogP contribution in [0.1, 0.15) is 194 Å². The van der Waals surface area contributed by atoms with Gasteiger partial charge in [-0.05, 0) is 77.0 Å². The van der Waals surface area contributed by atoms with Gasteiger partial charge in [-0.3, -0.25) is 18.6 Å². The number of phosphoric ester groups is 1. The van der Waals surface area contributed by atoms with Crippen LogP contribution in [0, 0.1) is 0 Å². The molecule has 0 rings (SSSR count). The molecule has 308 valence electrons. The zero-order valence-corrected chi connectivity index (χ0v) is 35.1. The maximum Gasteiger partial charge on any atom is 0.472 e. The maximum absolute atomic E-state index is 12.5. The molecule has 0 spiro atoms. The van der Waals surface area contributed by atoms with Gasteiger partial charge in [0.2, 0.25) is 0 Å². The molecule has 0 aromatic heterocycles. The first-order valence-electron chi connectivity index (χ1n) is 21.3. The number of phosphoric acid groups is 1. The van der Waals surface area contributed by atoms with Crippen LogP contribution in [0.3, 0.4) is 0 Å². The van der Waals surface area contributed by atoms with Crippen LogP contribution in [-0.2, 0) is 32.7 Å². The van der Waals surface area contributed by atoms with Crippen molar-refractivity contribution in [3.8, 4) is 0 Å². The van der Waals surface area contributed by atoms with Crippen molar-refractivity contribution in [2.45, 2.75) is 200 Å². The van der Waals surface area contributed by atoms with Gasteiger partial charge in [0.1, 0.15) is 6.61 Å². The Balaban J connectivity index is 4.03. The Bertz CT molecular complexity index is 1010. The van der Waals surface area contributed by atoms with Gasteiger partial charge in [0.25, 0.3) is 0 Å². The highest BCUT2D eigenvalue weighted by Gasteiger charge is 2.24. The molecule has 0 aliphatic rings. The van der Waals surface area contributed by atoms with Crippen LogP contribution in [0.5, 0.6) is 0 Å². The van der Waals surface area contributed by atoms with Crippen molar-refractivity contribution < 1.29 is 37.6 Å². The lowest BCUT2D eigenvalue weighted by atomic mass is 10.1. The van der Waals surface area contributed by atoms with Crippen LogP contribution < -0.4 is 0 Å². The van der Waals surface area contributed by atoms with E-state index in [1.807, 2.05) is 0 Å². The zero-order chi connectivity index (χ0) is 38.9. The number of hydrogen-bond donors (Lipinski definition) is 1. The minimum absolute atomic E-state index is 0.233. The molecular formula is C44H79O8P. The van der Waals surface area contributed by atoms with E-state index in [4.69, 9.17) is 14.0 Å². The highest BCUT2D eigenvalue weighted by atomic mass is 31.2. The van der Waals surface area contributed by atoms with E-state index in [9.17, 15) is 19.0 Å². The molecule has 0 aliphatic heterocycles. The molecule has 0 bridgehead atoms. The Labute approximate surface area is 325 Å². The highest BCUT2D eigenvalue weighted by Crippen LogP contribution is 2.42. The van der Waals surface area contributed by atoms with Crippen LogP contribution >= 0.6 is 7.82 Å². The molecule has 0 aromatic carbocycles. The average Bonchev–Trinajstić information content (AvgIpc) is 3.15. The van der Waals surface area contributed by atoms with Crippen molar-refractivity contribution in [1.82, 2.24) is 0 Å². The van der Waals surface area contributed by atoms with Gasteiger partial charge >= 0.3 is 19.8 Å². The molecular weight excluding hydrogens is 687 g/mol. The summed E-state index contributed by atoms with van der Waals surface area (Å²) in [6.07, 6.45) is 47.2. The van der Waals surface area contributed by atoms with E-state index in [-0.39, 0.29) is 25.4 Å².